The van der Waals surface area contributed by atoms with Gasteiger partial charge in [0.1, 0.15) is 5.75 Å². The molecule has 218 valence electrons. The van der Waals surface area contributed by atoms with Gasteiger partial charge in [-0.3, -0.25) is 4.79 Å². The Bertz CT molecular complexity index is 1350. The minimum absolute atomic E-state index is 0.0406. The number of carboxylic acids is 1. The van der Waals surface area contributed by atoms with Gasteiger partial charge in [-0.15, -0.1) is 0 Å². The Hall–Kier alpha value is -3.89. The molecular formula is C30H37ClN6O4. The largest absolute Gasteiger partial charge is 0.497 e. The number of piperidine rings is 1. The zero-order valence-corrected chi connectivity index (χ0v) is 24.0. The predicted octanol–water partition coefficient (Wildman–Crippen LogP) is 4.53. The van der Waals surface area contributed by atoms with Crippen LogP contribution < -0.4 is 21.5 Å². The first-order valence-corrected chi connectivity index (χ1v) is 14.2. The van der Waals surface area contributed by atoms with Crippen molar-refractivity contribution in [2.75, 3.05) is 38.2 Å². The van der Waals surface area contributed by atoms with Crippen LogP contribution in [0.25, 0.3) is 0 Å². The molecule has 1 aliphatic heterocycles. The van der Waals surface area contributed by atoms with Gasteiger partial charge in [0.25, 0.3) is 5.91 Å². The van der Waals surface area contributed by atoms with Gasteiger partial charge in [-0.2, -0.15) is 0 Å². The van der Waals surface area contributed by atoms with Crippen molar-refractivity contribution in [3.8, 4) is 5.75 Å². The average Bonchev–Trinajstić information content (AvgIpc) is 2.98. The number of nitrogens with zero attached hydrogens (tertiary/aromatic N) is 3. The molecule has 2 aromatic carbocycles. The summed E-state index contributed by atoms with van der Waals surface area (Å²) in [6.07, 6.45) is 6.23. The Labute approximate surface area is 245 Å². The number of carbonyl (C=O) groups is 2. The lowest BCUT2D eigenvalue weighted by Crippen LogP contribution is -2.49. The van der Waals surface area contributed by atoms with E-state index in [1.165, 1.54) is 6.42 Å². The number of anilines is 2. The van der Waals surface area contributed by atoms with E-state index in [0.29, 0.717) is 25.0 Å². The van der Waals surface area contributed by atoms with Crippen LogP contribution in [0.15, 0.2) is 48.5 Å². The van der Waals surface area contributed by atoms with E-state index in [2.05, 4.69) is 20.2 Å². The number of methoxy groups -OCH3 is 1. The van der Waals surface area contributed by atoms with Gasteiger partial charge in [-0.25, -0.2) is 14.8 Å². The summed E-state index contributed by atoms with van der Waals surface area (Å²) in [4.78, 5) is 35.6. The van der Waals surface area contributed by atoms with Crippen LogP contribution in [0.5, 0.6) is 5.75 Å². The van der Waals surface area contributed by atoms with Crippen LogP contribution in [0.4, 0.5) is 11.6 Å². The van der Waals surface area contributed by atoms with E-state index in [-0.39, 0.29) is 28.0 Å². The third kappa shape index (κ3) is 7.65. The molecular weight excluding hydrogens is 544 g/mol. The van der Waals surface area contributed by atoms with Crippen LogP contribution in [-0.2, 0) is 12.0 Å². The van der Waals surface area contributed by atoms with Gasteiger partial charge in [0.05, 0.1) is 18.2 Å². The van der Waals surface area contributed by atoms with Gasteiger partial charge in [-0.1, -0.05) is 42.3 Å². The molecule has 1 fully saturated rings. The highest BCUT2D eigenvalue weighted by Gasteiger charge is 2.35. The number of aryl methyl sites for hydroxylation is 1. The van der Waals surface area contributed by atoms with E-state index < -0.39 is 17.4 Å². The summed E-state index contributed by atoms with van der Waals surface area (Å²) in [7, 11) is 1.61. The van der Waals surface area contributed by atoms with Gasteiger partial charge in [0.2, 0.25) is 0 Å². The van der Waals surface area contributed by atoms with Crippen molar-refractivity contribution in [2.45, 2.75) is 50.5 Å². The number of carboxylic acid groups (broad SMARTS) is 1. The fraction of sp³-hybridized carbons (Fsp3) is 0.400. The lowest BCUT2D eigenvalue weighted by atomic mass is 9.80. The van der Waals surface area contributed by atoms with E-state index in [4.69, 9.17) is 27.8 Å². The zero-order chi connectivity index (χ0) is 29.4. The lowest BCUT2D eigenvalue weighted by Gasteiger charge is -2.38. The van der Waals surface area contributed by atoms with Crippen molar-refractivity contribution in [1.29, 1.82) is 0 Å². The molecule has 4 rings (SSSR count). The SMILES string of the molecule is COc1ccc(C(CCCc2ccc(C(=O)O)cc2)(CCN2CCCCC2)NC(=O)c2nc(Cl)c(N)nc2N)cc1. The summed E-state index contributed by atoms with van der Waals surface area (Å²) in [6.45, 7) is 2.84. The normalized spacial score (nSPS) is 15.2. The smallest absolute Gasteiger partial charge is 0.335 e. The van der Waals surface area contributed by atoms with Gasteiger partial charge >= 0.3 is 5.97 Å². The molecule has 0 aliphatic carbocycles. The summed E-state index contributed by atoms with van der Waals surface area (Å²) in [6, 6.07) is 14.6. The second kappa shape index (κ2) is 13.6. The molecule has 0 bridgehead atoms. The highest BCUT2D eigenvalue weighted by atomic mass is 35.5. The Morgan fingerprint density at radius 2 is 1.68 bits per heavy atom. The van der Waals surface area contributed by atoms with Crippen LogP contribution >= 0.6 is 11.6 Å². The van der Waals surface area contributed by atoms with Crippen molar-refractivity contribution in [1.82, 2.24) is 20.2 Å². The molecule has 2 heterocycles. The molecule has 1 aromatic heterocycles. The molecule has 41 heavy (non-hydrogen) atoms. The molecule has 0 saturated carbocycles. The van der Waals surface area contributed by atoms with E-state index in [1.54, 1.807) is 19.2 Å². The minimum atomic E-state index is -0.958. The quantitative estimate of drug-likeness (QED) is 0.242. The van der Waals surface area contributed by atoms with Crippen LogP contribution in [0, 0.1) is 0 Å². The first kappa shape index (κ1) is 30.1. The maximum atomic E-state index is 13.7. The van der Waals surface area contributed by atoms with Crippen molar-refractivity contribution >= 4 is 35.1 Å². The number of nitrogens with two attached hydrogens (primary N) is 2. The number of amides is 1. The number of nitrogen functional groups attached to an aromatic ring is 2. The molecule has 3 aromatic rings. The molecule has 0 radical (unpaired) electrons. The number of hydrogen-bond donors (Lipinski definition) is 4. The highest BCUT2D eigenvalue weighted by Crippen LogP contribution is 2.34. The summed E-state index contributed by atoms with van der Waals surface area (Å²) >= 11 is 6.10. The molecule has 1 saturated heterocycles. The summed E-state index contributed by atoms with van der Waals surface area (Å²) in [5, 5.41) is 12.4. The Morgan fingerprint density at radius 1 is 1.00 bits per heavy atom. The molecule has 1 atom stereocenters. The number of halogens is 1. The van der Waals surface area contributed by atoms with Gasteiger partial charge in [0.15, 0.2) is 22.5 Å². The number of ether oxygens (including phenoxy) is 1. The van der Waals surface area contributed by atoms with Gasteiger partial charge in [-0.05, 0) is 87.0 Å². The van der Waals surface area contributed by atoms with E-state index >= 15 is 0 Å². The number of benzene rings is 2. The van der Waals surface area contributed by atoms with Gasteiger partial charge < -0.3 is 31.5 Å². The molecule has 6 N–H and O–H groups in total. The van der Waals surface area contributed by atoms with Crippen molar-refractivity contribution in [2.24, 2.45) is 0 Å². The first-order valence-electron chi connectivity index (χ1n) is 13.8. The van der Waals surface area contributed by atoms with Crippen molar-refractivity contribution < 1.29 is 19.4 Å². The second-order valence-corrected chi connectivity index (χ2v) is 10.8. The number of nitrogens with one attached hydrogen (secondary N) is 1. The monoisotopic (exact) mass is 580 g/mol. The average molecular weight is 581 g/mol. The topological polar surface area (TPSA) is 157 Å². The third-order valence-electron chi connectivity index (χ3n) is 7.69. The second-order valence-electron chi connectivity index (χ2n) is 10.4. The van der Waals surface area contributed by atoms with Gasteiger partial charge in [0, 0.05) is 6.54 Å². The molecule has 1 aliphatic rings. The van der Waals surface area contributed by atoms with Crippen molar-refractivity contribution in [3.63, 3.8) is 0 Å². The molecule has 10 nitrogen and oxygen atoms in total. The van der Waals surface area contributed by atoms with E-state index in [0.717, 1.165) is 50.0 Å². The number of likely N-dealkylation sites (tertiary alicyclic amines) is 1. The number of hydrogen-bond acceptors (Lipinski definition) is 8. The zero-order valence-electron chi connectivity index (χ0n) is 23.2. The highest BCUT2D eigenvalue weighted by molar-refractivity contribution is 6.31. The summed E-state index contributed by atoms with van der Waals surface area (Å²) < 4.78 is 5.39. The summed E-state index contributed by atoms with van der Waals surface area (Å²) in [5.41, 5.74) is 13.1. The third-order valence-corrected chi connectivity index (χ3v) is 7.97. The molecule has 1 amide bonds. The summed E-state index contributed by atoms with van der Waals surface area (Å²) in [5.74, 6) is -0.870. The number of rotatable bonds is 12. The Morgan fingerprint density at radius 3 is 2.32 bits per heavy atom. The Kier molecular flexibility index (Phi) is 10.0. The molecule has 11 heteroatoms. The Balaban J connectivity index is 1.66. The number of carbonyl (C=O) groups excluding carboxylic acids is 1. The van der Waals surface area contributed by atoms with Crippen LogP contribution in [0.2, 0.25) is 5.15 Å². The maximum Gasteiger partial charge on any atom is 0.335 e. The van der Waals surface area contributed by atoms with Crippen molar-refractivity contribution in [3.05, 3.63) is 76.1 Å². The minimum Gasteiger partial charge on any atom is -0.497 e. The standard InChI is InChI=1S/C30H37ClN6O4/c1-41-23-13-11-22(12-14-23)30(16-19-37-17-3-2-4-18-37,15-5-6-20-7-9-21(10-8-20)29(39)40)36-28(38)24-26(32)35-27(33)25(31)34-24/h7-14H,2-6,15-19H2,1H3,(H,36,38)(H,39,40)(H4,32,33,35). The van der Waals surface area contributed by atoms with Crippen LogP contribution in [0.3, 0.4) is 0 Å². The maximum absolute atomic E-state index is 13.7. The fourth-order valence-electron chi connectivity index (χ4n) is 5.35. The molecule has 1 unspecified atom stereocenters. The predicted molar refractivity (Wildman–Crippen MR) is 159 cm³/mol. The number of aromatic nitrogens is 2. The number of aromatic carboxylic acids is 1. The van der Waals surface area contributed by atoms with Crippen LogP contribution in [-0.4, -0.2) is 58.6 Å². The fourth-order valence-corrected chi connectivity index (χ4v) is 5.47. The lowest BCUT2D eigenvalue weighted by molar-refractivity contribution is 0.0696. The van der Waals surface area contributed by atoms with E-state index in [9.17, 15) is 14.7 Å². The van der Waals surface area contributed by atoms with Crippen LogP contribution in [0.1, 0.15) is 70.5 Å². The molecule has 0 spiro atoms. The first-order chi connectivity index (χ1) is 19.7. The van der Waals surface area contributed by atoms with E-state index in [1.807, 2.05) is 36.4 Å².